The van der Waals surface area contributed by atoms with E-state index in [0.717, 1.165) is 26.0 Å². The van der Waals surface area contributed by atoms with Crippen molar-refractivity contribution < 1.29 is 26.9 Å². The highest BCUT2D eigenvalue weighted by molar-refractivity contribution is 7.85. The van der Waals surface area contributed by atoms with E-state index < -0.39 is 10.1 Å². The van der Waals surface area contributed by atoms with Crippen molar-refractivity contribution in [3.05, 3.63) is 0 Å². The van der Waals surface area contributed by atoms with Crippen LogP contribution in [0.3, 0.4) is 0 Å². The first-order chi connectivity index (χ1) is 9.27. The quantitative estimate of drug-likeness (QED) is 0.286. The molecule has 0 atom stereocenters. The van der Waals surface area contributed by atoms with Gasteiger partial charge in [-0.2, -0.15) is 0 Å². The first-order valence-electron chi connectivity index (χ1n) is 7.18. The summed E-state index contributed by atoms with van der Waals surface area (Å²) in [5, 5.41) is 0. The topological polar surface area (TPSA) is 75.7 Å². The van der Waals surface area contributed by atoms with Gasteiger partial charge in [-0.3, -0.25) is 0 Å². The zero-order valence-electron chi connectivity index (χ0n) is 13.0. The zero-order valence-corrected chi connectivity index (χ0v) is 13.8. The third-order valence-electron chi connectivity index (χ3n) is 3.01. The summed E-state index contributed by atoms with van der Waals surface area (Å²) in [6.07, 6.45) is 2.59. The van der Waals surface area contributed by atoms with Crippen molar-refractivity contribution in [1.82, 2.24) is 0 Å². The normalized spacial score (nSPS) is 12.8. The van der Waals surface area contributed by atoms with Gasteiger partial charge in [0.05, 0.1) is 50.6 Å². The minimum absolute atomic E-state index is 0.291. The number of rotatable bonds is 13. The van der Waals surface area contributed by atoms with E-state index in [9.17, 15) is 13.0 Å². The van der Waals surface area contributed by atoms with Crippen LogP contribution >= 0.6 is 0 Å². The summed E-state index contributed by atoms with van der Waals surface area (Å²) in [5.41, 5.74) is 0. The zero-order chi connectivity index (χ0) is 15.5. The molecule has 0 N–H and O–H groups in total. The minimum atomic E-state index is -4.09. The Balaban J connectivity index is 3.52. The highest BCUT2D eigenvalue weighted by atomic mass is 32.2. The van der Waals surface area contributed by atoms with Gasteiger partial charge in [-0.15, -0.1) is 0 Å². The van der Waals surface area contributed by atoms with Crippen molar-refractivity contribution in [3.8, 4) is 0 Å². The lowest BCUT2D eigenvalue weighted by Crippen LogP contribution is -2.43. The molecule has 7 heteroatoms. The van der Waals surface area contributed by atoms with Crippen molar-refractivity contribution in [3.63, 3.8) is 0 Å². The molecule has 20 heavy (non-hydrogen) atoms. The van der Waals surface area contributed by atoms with Crippen LogP contribution in [-0.2, 0) is 19.6 Å². The monoisotopic (exact) mass is 311 g/mol. The number of unbranched alkanes of at least 4 members (excludes halogenated alkanes) is 1. The molecule has 0 radical (unpaired) electrons. The Hall–Kier alpha value is -0.210. The molecule has 0 aromatic rings. The number of quaternary nitrogens is 1. The first-order valence-corrected chi connectivity index (χ1v) is 8.75. The Labute approximate surface area is 123 Å². The SMILES string of the molecule is CCCCOCCOCC[N+](C)(C)CCCS(=O)(=O)[O-]. The Morgan fingerprint density at radius 2 is 1.55 bits per heavy atom. The fourth-order valence-corrected chi connectivity index (χ4v) is 2.14. The van der Waals surface area contributed by atoms with Crippen molar-refractivity contribution in [2.45, 2.75) is 26.2 Å². The predicted molar refractivity (Wildman–Crippen MR) is 77.6 cm³/mol. The van der Waals surface area contributed by atoms with E-state index in [4.69, 9.17) is 9.47 Å². The molecule has 0 bridgehead atoms. The van der Waals surface area contributed by atoms with E-state index in [1.807, 2.05) is 14.1 Å². The second-order valence-electron chi connectivity index (χ2n) is 5.58. The minimum Gasteiger partial charge on any atom is -0.748 e. The number of ether oxygens (including phenoxy) is 2. The Morgan fingerprint density at radius 3 is 2.10 bits per heavy atom. The first kappa shape index (κ1) is 19.8. The van der Waals surface area contributed by atoms with Gasteiger partial charge in [0.25, 0.3) is 0 Å². The molecule has 0 aromatic heterocycles. The summed E-state index contributed by atoms with van der Waals surface area (Å²) in [4.78, 5) is 0. The number of nitrogens with zero attached hydrogens (tertiary/aromatic N) is 1. The second kappa shape index (κ2) is 10.5. The van der Waals surface area contributed by atoms with Gasteiger partial charge in [0.15, 0.2) is 0 Å². The van der Waals surface area contributed by atoms with Gasteiger partial charge < -0.3 is 18.5 Å². The number of likely N-dealkylation sites (N-methyl/N-ethyl adjacent to an activating group) is 1. The number of hydrogen-bond donors (Lipinski definition) is 0. The summed E-state index contributed by atoms with van der Waals surface area (Å²) in [7, 11) is -0.0975. The second-order valence-corrected chi connectivity index (χ2v) is 7.10. The lowest BCUT2D eigenvalue weighted by Gasteiger charge is -2.29. The summed E-state index contributed by atoms with van der Waals surface area (Å²) in [6.45, 7) is 6.14. The van der Waals surface area contributed by atoms with E-state index in [-0.39, 0.29) is 5.75 Å². The van der Waals surface area contributed by atoms with Gasteiger partial charge in [0.1, 0.15) is 6.54 Å². The molecular formula is C13H29NO5S. The highest BCUT2D eigenvalue weighted by Gasteiger charge is 2.14. The molecule has 0 heterocycles. The van der Waals surface area contributed by atoms with E-state index in [2.05, 4.69) is 6.92 Å². The summed E-state index contributed by atoms with van der Waals surface area (Å²) < 4.78 is 43.1. The van der Waals surface area contributed by atoms with Crippen LogP contribution in [-0.4, -0.2) is 76.8 Å². The average Bonchev–Trinajstić information content (AvgIpc) is 2.30. The van der Waals surface area contributed by atoms with Crippen LogP contribution in [0.2, 0.25) is 0 Å². The van der Waals surface area contributed by atoms with Gasteiger partial charge >= 0.3 is 0 Å². The molecule has 6 nitrogen and oxygen atoms in total. The summed E-state index contributed by atoms with van der Waals surface area (Å²) >= 11 is 0. The van der Waals surface area contributed by atoms with Crippen molar-refractivity contribution in [2.24, 2.45) is 0 Å². The molecule has 0 aromatic carbocycles. The molecule has 0 saturated carbocycles. The van der Waals surface area contributed by atoms with Crippen LogP contribution in [0, 0.1) is 0 Å². The van der Waals surface area contributed by atoms with Crippen molar-refractivity contribution in [1.29, 1.82) is 0 Å². The van der Waals surface area contributed by atoms with Gasteiger partial charge in [0.2, 0.25) is 0 Å². The van der Waals surface area contributed by atoms with Crippen molar-refractivity contribution in [2.75, 3.05) is 59.4 Å². The van der Waals surface area contributed by atoms with E-state index >= 15 is 0 Å². The molecule has 0 saturated heterocycles. The lowest BCUT2D eigenvalue weighted by molar-refractivity contribution is -0.890. The molecule has 122 valence electrons. The molecule has 0 aliphatic heterocycles. The molecule has 0 spiro atoms. The maximum Gasteiger partial charge on any atom is 0.102 e. The maximum atomic E-state index is 10.5. The third-order valence-corrected chi connectivity index (χ3v) is 3.80. The smallest absolute Gasteiger partial charge is 0.102 e. The molecule has 0 aliphatic rings. The summed E-state index contributed by atoms with van der Waals surface area (Å²) in [5.74, 6) is -0.291. The van der Waals surface area contributed by atoms with Gasteiger partial charge in [-0.05, 0) is 6.42 Å². The largest absolute Gasteiger partial charge is 0.748 e. The molecule has 0 amide bonds. The molecular weight excluding hydrogens is 282 g/mol. The van der Waals surface area contributed by atoms with Gasteiger partial charge in [-0.25, -0.2) is 8.42 Å². The van der Waals surface area contributed by atoms with Crippen LogP contribution in [0.5, 0.6) is 0 Å². The molecule has 0 unspecified atom stereocenters. The fraction of sp³-hybridized carbons (Fsp3) is 1.00. The number of hydrogen-bond acceptors (Lipinski definition) is 5. The Bertz CT molecular complexity index is 330. The fourth-order valence-electron chi connectivity index (χ4n) is 1.66. The highest BCUT2D eigenvalue weighted by Crippen LogP contribution is 2.01. The van der Waals surface area contributed by atoms with Crippen LogP contribution in [0.25, 0.3) is 0 Å². The predicted octanol–water partition coefficient (Wildman–Crippen LogP) is 0.831. The molecule has 0 aliphatic carbocycles. The van der Waals surface area contributed by atoms with Gasteiger partial charge in [0, 0.05) is 18.8 Å². The van der Waals surface area contributed by atoms with Crippen molar-refractivity contribution >= 4 is 10.1 Å². The van der Waals surface area contributed by atoms with E-state index in [1.165, 1.54) is 0 Å². The molecule has 0 rings (SSSR count). The van der Waals surface area contributed by atoms with Crippen LogP contribution in [0.15, 0.2) is 0 Å². The summed E-state index contributed by atoms with van der Waals surface area (Å²) in [6, 6.07) is 0. The Kier molecular flexibility index (Phi) is 10.4. The third kappa shape index (κ3) is 14.2. The van der Waals surface area contributed by atoms with E-state index in [0.29, 0.717) is 37.3 Å². The van der Waals surface area contributed by atoms with Crippen LogP contribution < -0.4 is 0 Å². The Morgan fingerprint density at radius 1 is 0.950 bits per heavy atom. The standard InChI is InChI=1S/C13H29NO5S/c1-4-5-9-18-11-12-19-10-8-14(2,3)7-6-13-20(15,16)17/h4-13H2,1-3H3. The molecule has 0 fully saturated rings. The van der Waals surface area contributed by atoms with Crippen LogP contribution in [0.1, 0.15) is 26.2 Å². The van der Waals surface area contributed by atoms with Crippen LogP contribution in [0.4, 0.5) is 0 Å². The van der Waals surface area contributed by atoms with Gasteiger partial charge in [-0.1, -0.05) is 13.3 Å². The van der Waals surface area contributed by atoms with E-state index in [1.54, 1.807) is 0 Å². The maximum absolute atomic E-state index is 10.5. The lowest BCUT2D eigenvalue weighted by atomic mass is 10.3. The average molecular weight is 311 g/mol.